The number of thioether (sulfide) groups is 1. The summed E-state index contributed by atoms with van der Waals surface area (Å²) in [5, 5.41) is 3.97. The Hall–Kier alpha value is -1.79. The van der Waals surface area contributed by atoms with E-state index < -0.39 is 0 Å². The van der Waals surface area contributed by atoms with Gasteiger partial charge in [-0.2, -0.15) is 0 Å². The van der Waals surface area contributed by atoms with Crippen molar-refractivity contribution in [2.45, 2.75) is 18.4 Å². The smallest absolute Gasteiger partial charge is 0.169 e. The van der Waals surface area contributed by atoms with Gasteiger partial charge in [-0.05, 0) is 49.0 Å². The van der Waals surface area contributed by atoms with Crippen LogP contribution >= 0.6 is 24.0 Å². The lowest BCUT2D eigenvalue weighted by atomic mass is 10.2. The average molecular weight is 379 g/mol. The molecule has 0 spiro atoms. The zero-order chi connectivity index (χ0) is 18.1. The first kappa shape index (κ1) is 19.5. The van der Waals surface area contributed by atoms with Crippen molar-refractivity contribution < 1.29 is 9.13 Å². The molecule has 25 heavy (non-hydrogen) atoms. The molecule has 0 atom stereocenters. The third-order valence-corrected chi connectivity index (χ3v) is 5.07. The highest BCUT2D eigenvalue weighted by atomic mass is 32.2. The van der Waals surface area contributed by atoms with Gasteiger partial charge in [-0.15, -0.1) is 11.8 Å². The van der Waals surface area contributed by atoms with Gasteiger partial charge in [-0.1, -0.05) is 24.3 Å². The Morgan fingerprint density at radius 3 is 2.64 bits per heavy atom. The maximum absolute atomic E-state index is 13.8. The minimum absolute atomic E-state index is 0.255. The van der Waals surface area contributed by atoms with Crippen molar-refractivity contribution >= 4 is 29.1 Å². The Kier molecular flexibility index (Phi) is 8.01. The minimum Gasteiger partial charge on any atom is -0.494 e. The lowest BCUT2D eigenvalue weighted by molar-refractivity contribution is 0.384. The molecule has 0 amide bonds. The van der Waals surface area contributed by atoms with Crippen LogP contribution in [-0.2, 0) is 6.54 Å². The summed E-state index contributed by atoms with van der Waals surface area (Å²) in [6, 6.07) is 15.3. The molecule has 3 nitrogen and oxygen atoms in total. The van der Waals surface area contributed by atoms with Crippen molar-refractivity contribution in [3.05, 3.63) is 59.9 Å². The predicted octanol–water partition coefficient (Wildman–Crippen LogP) is 4.32. The van der Waals surface area contributed by atoms with E-state index in [0.717, 1.165) is 24.4 Å². The van der Waals surface area contributed by atoms with E-state index >= 15 is 0 Å². The highest BCUT2D eigenvalue weighted by molar-refractivity contribution is 7.99. The SMILES string of the molecule is CCN(Cc1ccc(OC)c(F)c1)C(=S)NCCSc1ccccc1. The van der Waals surface area contributed by atoms with Crippen molar-refractivity contribution in [3.8, 4) is 5.75 Å². The summed E-state index contributed by atoms with van der Waals surface area (Å²) in [5.74, 6) is 0.832. The monoisotopic (exact) mass is 378 g/mol. The molecule has 0 aromatic heterocycles. The van der Waals surface area contributed by atoms with Crippen LogP contribution in [0.1, 0.15) is 12.5 Å². The molecule has 0 aliphatic heterocycles. The number of halogens is 1. The Balaban J connectivity index is 1.81. The molecular weight excluding hydrogens is 355 g/mol. The highest BCUT2D eigenvalue weighted by Gasteiger charge is 2.10. The first-order valence-electron chi connectivity index (χ1n) is 8.17. The molecule has 2 aromatic carbocycles. The van der Waals surface area contributed by atoms with E-state index in [1.807, 2.05) is 36.1 Å². The van der Waals surface area contributed by atoms with Gasteiger partial charge >= 0.3 is 0 Å². The summed E-state index contributed by atoms with van der Waals surface area (Å²) >= 11 is 7.26. The molecule has 6 heteroatoms. The van der Waals surface area contributed by atoms with Crippen molar-refractivity contribution in [2.24, 2.45) is 0 Å². The fourth-order valence-electron chi connectivity index (χ4n) is 2.31. The fourth-order valence-corrected chi connectivity index (χ4v) is 3.40. The van der Waals surface area contributed by atoms with Crippen molar-refractivity contribution in [1.82, 2.24) is 10.2 Å². The summed E-state index contributed by atoms with van der Waals surface area (Å²) in [6.07, 6.45) is 0. The largest absolute Gasteiger partial charge is 0.494 e. The van der Waals surface area contributed by atoms with Crippen LogP contribution in [0.3, 0.4) is 0 Å². The normalized spacial score (nSPS) is 10.4. The average Bonchev–Trinajstić information content (AvgIpc) is 2.64. The third-order valence-electron chi connectivity index (χ3n) is 3.65. The van der Waals surface area contributed by atoms with Crippen LogP contribution in [-0.4, -0.2) is 36.0 Å². The molecule has 0 aliphatic rings. The van der Waals surface area contributed by atoms with Gasteiger partial charge in [0, 0.05) is 30.3 Å². The molecule has 0 bridgehead atoms. The number of hydrogen-bond donors (Lipinski definition) is 1. The van der Waals surface area contributed by atoms with Gasteiger partial charge in [0.05, 0.1) is 7.11 Å². The molecule has 2 rings (SSSR count). The van der Waals surface area contributed by atoms with E-state index in [1.165, 1.54) is 18.1 Å². The second-order valence-electron chi connectivity index (χ2n) is 5.38. The Morgan fingerprint density at radius 2 is 2.00 bits per heavy atom. The van der Waals surface area contributed by atoms with Crippen LogP contribution in [0, 0.1) is 5.82 Å². The van der Waals surface area contributed by atoms with E-state index in [2.05, 4.69) is 17.4 Å². The van der Waals surface area contributed by atoms with Gasteiger partial charge < -0.3 is 15.0 Å². The molecule has 0 heterocycles. The van der Waals surface area contributed by atoms with Gasteiger partial charge in [0.1, 0.15) is 0 Å². The second kappa shape index (κ2) is 10.3. The standard InChI is InChI=1S/C19H23FN2OS2/c1-3-22(14-15-9-10-18(23-2)17(20)13-15)19(24)21-11-12-25-16-7-5-4-6-8-16/h4-10,13H,3,11-12,14H2,1-2H3,(H,21,24). The summed E-state index contributed by atoms with van der Waals surface area (Å²) < 4.78 is 18.8. The summed E-state index contributed by atoms with van der Waals surface area (Å²) in [7, 11) is 1.46. The van der Waals surface area contributed by atoms with Gasteiger partial charge in [-0.3, -0.25) is 0 Å². The Bertz CT molecular complexity index is 682. The summed E-state index contributed by atoms with van der Waals surface area (Å²) in [6.45, 7) is 4.14. The molecule has 1 N–H and O–H groups in total. The quantitative estimate of drug-likeness (QED) is 0.419. The van der Waals surface area contributed by atoms with Crippen LogP contribution in [0.15, 0.2) is 53.4 Å². The molecule has 134 valence electrons. The molecular formula is C19H23FN2OS2. The van der Waals surface area contributed by atoms with Crippen molar-refractivity contribution in [1.29, 1.82) is 0 Å². The van der Waals surface area contributed by atoms with E-state index in [0.29, 0.717) is 11.7 Å². The van der Waals surface area contributed by atoms with Gasteiger partial charge in [0.25, 0.3) is 0 Å². The van der Waals surface area contributed by atoms with E-state index in [9.17, 15) is 4.39 Å². The number of ether oxygens (including phenoxy) is 1. The molecule has 2 aromatic rings. The van der Waals surface area contributed by atoms with Crippen LogP contribution in [0.5, 0.6) is 5.75 Å². The Morgan fingerprint density at radius 1 is 1.24 bits per heavy atom. The van der Waals surface area contributed by atoms with Crippen molar-refractivity contribution in [2.75, 3.05) is 26.0 Å². The number of thiocarbonyl (C=S) groups is 1. The second-order valence-corrected chi connectivity index (χ2v) is 6.93. The van der Waals surface area contributed by atoms with E-state index in [4.69, 9.17) is 17.0 Å². The van der Waals surface area contributed by atoms with E-state index in [-0.39, 0.29) is 11.6 Å². The van der Waals surface area contributed by atoms with Gasteiger partial charge in [0.15, 0.2) is 16.7 Å². The lowest BCUT2D eigenvalue weighted by Crippen LogP contribution is -2.40. The summed E-state index contributed by atoms with van der Waals surface area (Å²) in [5.41, 5.74) is 0.864. The van der Waals surface area contributed by atoms with Crippen molar-refractivity contribution in [3.63, 3.8) is 0 Å². The zero-order valence-electron chi connectivity index (χ0n) is 14.5. The minimum atomic E-state index is -0.353. The number of hydrogen-bond acceptors (Lipinski definition) is 3. The topological polar surface area (TPSA) is 24.5 Å². The molecule has 0 saturated heterocycles. The number of methoxy groups -OCH3 is 1. The lowest BCUT2D eigenvalue weighted by Gasteiger charge is -2.24. The van der Waals surface area contributed by atoms with Crippen LogP contribution in [0.2, 0.25) is 0 Å². The van der Waals surface area contributed by atoms with Crippen LogP contribution < -0.4 is 10.1 Å². The Labute approximate surface area is 158 Å². The maximum atomic E-state index is 13.8. The van der Waals surface area contributed by atoms with Gasteiger partial charge in [-0.25, -0.2) is 4.39 Å². The van der Waals surface area contributed by atoms with Crippen LogP contribution in [0.25, 0.3) is 0 Å². The predicted molar refractivity (Wildman–Crippen MR) is 107 cm³/mol. The number of benzene rings is 2. The van der Waals surface area contributed by atoms with Crippen LogP contribution in [0.4, 0.5) is 4.39 Å². The first-order chi connectivity index (χ1) is 12.1. The number of rotatable bonds is 8. The molecule has 0 fully saturated rings. The molecule has 0 radical (unpaired) electrons. The molecule has 0 aliphatic carbocycles. The third kappa shape index (κ3) is 6.21. The number of nitrogens with one attached hydrogen (secondary N) is 1. The molecule has 0 unspecified atom stereocenters. The highest BCUT2D eigenvalue weighted by Crippen LogP contribution is 2.19. The zero-order valence-corrected chi connectivity index (χ0v) is 16.1. The fraction of sp³-hybridized carbons (Fsp3) is 0.316. The molecule has 0 saturated carbocycles. The van der Waals surface area contributed by atoms with Gasteiger partial charge in [0.2, 0.25) is 0 Å². The maximum Gasteiger partial charge on any atom is 0.169 e. The van der Waals surface area contributed by atoms with E-state index in [1.54, 1.807) is 17.8 Å². The number of nitrogens with zero attached hydrogens (tertiary/aromatic N) is 1. The summed E-state index contributed by atoms with van der Waals surface area (Å²) in [4.78, 5) is 3.26. The first-order valence-corrected chi connectivity index (χ1v) is 9.56.